The van der Waals surface area contributed by atoms with Gasteiger partial charge in [-0.3, -0.25) is 14.4 Å². The van der Waals surface area contributed by atoms with E-state index < -0.39 is 29.1 Å². The van der Waals surface area contributed by atoms with Crippen LogP contribution >= 0.6 is 23.4 Å². The Morgan fingerprint density at radius 2 is 1.63 bits per heavy atom. The lowest BCUT2D eigenvalue weighted by Crippen LogP contribution is -2.32. The van der Waals surface area contributed by atoms with Crippen molar-refractivity contribution in [1.29, 1.82) is 0 Å². The van der Waals surface area contributed by atoms with Crippen molar-refractivity contribution >= 4 is 46.8 Å². The van der Waals surface area contributed by atoms with Crippen LogP contribution in [0.2, 0.25) is 5.02 Å². The first-order chi connectivity index (χ1) is 12.8. The fraction of sp³-hybridized carbons (Fsp3) is 0.211. The summed E-state index contributed by atoms with van der Waals surface area (Å²) in [6.45, 7) is 3.19. The van der Waals surface area contributed by atoms with Crippen molar-refractivity contribution in [1.82, 2.24) is 0 Å². The molecule has 0 aliphatic heterocycles. The van der Waals surface area contributed by atoms with E-state index in [1.165, 1.54) is 30.8 Å². The highest BCUT2D eigenvalue weighted by atomic mass is 35.5. The second-order valence-corrected chi connectivity index (χ2v) is 7.57. The van der Waals surface area contributed by atoms with E-state index in [1.54, 1.807) is 31.2 Å². The van der Waals surface area contributed by atoms with Gasteiger partial charge in [-0.15, -0.1) is 11.8 Å². The van der Waals surface area contributed by atoms with E-state index in [0.717, 1.165) is 4.90 Å². The fourth-order valence-corrected chi connectivity index (χ4v) is 3.03. The average molecular weight is 407 g/mol. The van der Waals surface area contributed by atoms with Crippen LogP contribution in [-0.2, 0) is 14.3 Å². The molecule has 6 nitrogen and oxygen atoms in total. The van der Waals surface area contributed by atoms with Crippen LogP contribution in [0.4, 0.5) is 5.69 Å². The number of anilines is 1. The number of ether oxygens (including phenoxy) is 1. The van der Waals surface area contributed by atoms with Crippen molar-refractivity contribution in [2.45, 2.75) is 30.1 Å². The highest BCUT2D eigenvalue weighted by Gasteiger charge is 2.23. The summed E-state index contributed by atoms with van der Waals surface area (Å²) in [4.78, 5) is 36.3. The number of thioether (sulfide) groups is 1. The number of primary amides is 1. The normalized spacial score (nSPS) is 12.7. The molecule has 142 valence electrons. The van der Waals surface area contributed by atoms with Gasteiger partial charge >= 0.3 is 5.97 Å². The number of nitrogens with one attached hydrogen (secondary N) is 1. The summed E-state index contributed by atoms with van der Waals surface area (Å²) in [5, 5.41) is 2.74. The molecule has 0 radical (unpaired) electrons. The maximum Gasteiger partial charge on any atom is 0.319 e. The Labute approximate surface area is 166 Å². The summed E-state index contributed by atoms with van der Waals surface area (Å²) in [7, 11) is 0. The van der Waals surface area contributed by atoms with Gasteiger partial charge in [0.25, 0.3) is 5.91 Å². The minimum absolute atomic E-state index is 0.334. The van der Waals surface area contributed by atoms with Crippen LogP contribution in [0.3, 0.4) is 0 Å². The molecule has 2 aromatic rings. The Balaban J connectivity index is 1.87. The first-order valence-corrected chi connectivity index (χ1v) is 9.35. The van der Waals surface area contributed by atoms with Gasteiger partial charge in [0.2, 0.25) is 5.91 Å². The van der Waals surface area contributed by atoms with Gasteiger partial charge in [0.15, 0.2) is 6.10 Å². The van der Waals surface area contributed by atoms with E-state index >= 15 is 0 Å². The first kappa shape index (κ1) is 20.8. The number of carbonyl (C=O) groups excluding carboxylic acids is 3. The molecule has 8 heteroatoms. The van der Waals surface area contributed by atoms with Crippen molar-refractivity contribution in [2.75, 3.05) is 5.32 Å². The molecule has 0 aromatic heterocycles. The van der Waals surface area contributed by atoms with Crippen molar-refractivity contribution in [3.8, 4) is 0 Å². The number of benzene rings is 2. The van der Waals surface area contributed by atoms with Gasteiger partial charge in [-0.1, -0.05) is 11.6 Å². The predicted octanol–water partition coefficient (Wildman–Crippen LogP) is 3.49. The Morgan fingerprint density at radius 1 is 1.04 bits per heavy atom. The fourth-order valence-electron chi connectivity index (χ4n) is 2.05. The standard InChI is InChI=1S/C19H19ClN2O4S/c1-11(18(24)22-15-7-3-13(4-8-15)17(21)23)26-19(25)12(2)27-16-9-5-14(20)6-10-16/h3-12H,1-2H3,(H2,21,23)(H,22,24)/t11-,12-/m0/s1. The maximum atomic E-state index is 12.2. The number of carbonyl (C=O) groups is 3. The molecule has 0 fully saturated rings. The van der Waals surface area contributed by atoms with Gasteiger partial charge in [-0.2, -0.15) is 0 Å². The van der Waals surface area contributed by atoms with Gasteiger partial charge in [0.05, 0.1) is 0 Å². The number of esters is 1. The van der Waals surface area contributed by atoms with Crippen molar-refractivity contribution in [2.24, 2.45) is 5.73 Å². The predicted molar refractivity (Wildman–Crippen MR) is 106 cm³/mol. The molecule has 0 aliphatic carbocycles. The Morgan fingerprint density at radius 3 is 2.19 bits per heavy atom. The molecule has 2 aromatic carbocycles. The highest BCUT2D eigenvalue weighted by Crippen LogP contribution is 2.25. The molecule has 2 rings (SSSR count). The number of amides is 2. The van der Waals surface area contributed by atoms with E-state index in [0.29, 0.717) is 16.3 Å². The zero-order chi connectivity index (χ0) is 20.0. The van der Waals surface area contributed by atoms with Crippen molar-refractivity contribution in [3.05, 3.63) is 59.1 Å². The first-order valence-electron chi connectivity index (χ1n) is 8.09. The van der Waals surface area contributed by atoms with Crippen molar-refractivity contribution < 1.29 is 19.1 Å². The summed E-state index contributed by atoms with van der Waals surface area (Å²) < 4.78 is 5.23. The van der Waals surface area contributed by atoms with Crippen LogP contribution in [0, 0.1) is 0 Å². The third-order valence-corrected chi connectivity index (χ3v) is 4.90. The van der Waals surface area contributed by atoms with Crippen LogP contribution in [0.1, 0.15) is 24.2 Å². The molecular weight excluding hydrogens is 388 g/mol. The van der Waals surface area contributed by atoms with E-state index in [-0.39, 0.29) is 0 Å². The minimum atomic E-state index is -0.971. The van der Waals surface area contributed by atoms with Crippen LogP contribution in [0.25, 0.3) is 0 Å². The topological polar surface area (TPSA) is 98.5 Å². The Hall–Kier alpha value is -2.51. The lowest BCUT2D eigenvalue weighted by molar-refractivity contribution is -0.152. The lowest BCUT2D eigenvalue weighted by Gasteiger charge is -2.16. The van der Waals surface area contributed by atoms with Crippen LogP contribution in [-0.4, -0.2) is 29.1 Å². The molecule has 2 amide bonds. The van der Waals surface area contributed by atoms with Crippen LogP contribution in [0.15, 0.2) is 53.4 Å². The third-order valence-electron chi connectivity index (χ3n) is 3.56. The smallest absolute Gasteiger partial charge is 0.319 e. The van der Waals surface area contributed by atoms with E-state index in [9.17, 15) is 14.4 Å². The number of nitrogens with two attached hydrogens (primary N) is 1. The zero-order valence-electron chi connectivity index (χ0n) is 14.8. The molecule has 0 aliphatic rings. The quantitative estimate of drug-likeness (QED) is 0.541. The molecule has 0 unspecified atom stereocenters. The average Bonchev–Trinajstić information content (AvgIpc) is 2.63. The second-order valence-electron chi connectivity index (χ2n) is 5.72. The summed E-state index contributed by atoms with van der Waals surface area (Å²) >= 11 is 7.15. The maximum absolute atomic E-state index is 12.2. The lowest BCUT2D eigenvalue weighted by atomic mass is 10.2. The van der Waals surface area contributed by atoms with Gasteiger partial charge < -0.3 is 15.8 Å². The minimum Gasteiger partial charge on any atom is -0.452 e. The Kier molecular flexibility index (Phi) is 7.27. The zero-order valence-corrected chi connectivity index (χ0v) is 16.3. The van der Waals surface area contributed by atoms with Gasteiger partial charge in [0, 0.05) is 21.2 Å². The number of hydrogen-bond acceptors (Lipinski definition) is 5. The summed E-state index contributed by atoms with van der Waals surface area (Å²) in [6, 6.07) is 13.2. The van der Waals surface area contributed by atoms with Gasteiger partial charge in [-0.25, -0.2) is 0 Å². The van der Waals surface area contributed by atoms with Gasteiger partial charge in [0.1, 0.15) is 5.25 Å². The van der Waals surface area contributed by atoms with E-state index in [2.05, 4.69) is 5.32 Å². The molecule has 3 N–H and O–H groups in total. The molecule has 0 saturated carbocycles. The van der Waals surface area contributed by atoms with Crippen LogP contribution in [0.5, 0.6) is 0 Å². The second kappa shape index (κ2) is 9.43. The number of hydrogen-bond donors (Lipinski definition) is 2. The highest BCUT2D eigenvalue weighted by molar-refractivity contribution is 8.00. The Bertz CT molecular complexity index is 825. The number of halogens is 1. The SMILES string of the molecule is C[C@H](OC(=O)[C@H](C)Sc1ccc(Cl)cc1)C(=O)Nc1ccc(C(N)=O)cc1. The molecule has 0 saturated heterocycles. The van der Waals surface area contributed by atoms with Crippen LogP contribution < -0.4 is 11.1 Å². The summed E-state index contributed by atoms with van der Waals surface area (Å²) in [5.74, 6) is -1.53. The van der Waals surface area contributed by atoms with E-state index in [4.69, 9.17) is 22.1 Å². The monoisotopic (exact) mass is 406 g/mol. The molecule has 27 heavy (non-hydrogen) atoms. The largest absolute Gasteiger partial charge is 0.452 e. The molecule has 0 bridgehead atoms. The van der Waals surface area contributed by atoms with E-state index in [1.807, 2.05) is 12.1 Å². The summed E-state index contributed by atoms with van der Waals surface area (Å²) in [5.41, 5.74) is 5.97. The van der Waals surface area contributed by atoms with Gasteiger partial charge in [-0.05, 0) is 62.4 Å². The molecule has 0 spiro atoms. The molecule has 2 atom stereocenters. The summed E-state index contributed by atoms with van der Waals surface area (Å²) in [6.07, 6.45) is -0.971. The molecular formula is C19H19ClN2O4S. The van der Waals surface area contributed by atoms with Crippen molar-refractivity contribution in [3.63, 3.8) is 0 Å². The number of rotatable bonds is 7. The third kappa shape index (κ3) is 6.30. The molecule has 0 heterocycles.